The molecule has 4 heteroatoms. The van der Waals surface area contributed by atoms with Gasteiger partial charge in [0.1, 0.15) is 0 Å². The Morgan fingerprint density at radius 1 is 1.44 bits per heavy atom. The zero-order chi connectivity index (χ0) is 12.6. The number of hydrogen-bond donors (Lipinski definition) is 1. The molecule has 0 unspecified atom stereocenters. The highest BCUT2D eigenvalue weighted by molar-refractivity contribution is 5.10. The number of aromatic nitrogens is 1. The van der Waals surface area contributed by atoms with E-state index in [1.54, 1.807) is 7.11 Å². The van der Waals surface area contributed by atoms with Gasteiger partial charge in [0.25, 0.3) is 0 Å². The summed E-state index contributed by atoms with van der Waals surface area (Å²) in [5, 5.41) is 3.36. The number of nitrogens with zero attached hydrogens (tertiary/aromatic N) is 1. The fourth-order valence-electron chi connectivity index (χ4n) is 2.34. The Morgan fingerprint density at radius 2 is 2.28 bits per heavy atom. The van der Waals surface area contributed by atoms with Crippen LogP contribution < -0.4 is 5.32 Å². The summed E-state index contributed by atoms with van der Waals surface area (Å²) in [6.07, 6.45) is 6.82. The maximum absolute atomic E-state index is 5.39. The van der Waals surface area contributed by atoms with Gasteiger partial charge in [0.05, 0.1) is 6.61 Å². The van der Waals surface area contributed by atoms with E-state index in [1.165, 1.54) is 18.4 Å². The van der Waals surface area contributed by atoms with E-state index in [4.69, 9.17) is 9.47 Å². The van der Waals surface area contributed by atoms with Crippen LogP contribution in [-0.2, 0) is 22.6 Å². The summed E-state index contributed by atoms with van der Waals surface area (Å²) < 4.78 is 12.7. The molecule has 18 heavy (non-hydrogen) atoms. The molecular formula is C14H24N2O2. The summed E-state index contributed by atoms with van der Waals surface area (Å²) >= 11 is 0. The van der Waals surface area contributed by atoms with Gasteiger partial charge < -0.3 is 19.4 Å². The van der Waals surface area contributed by atoms with Crippen LogP contribution in [0.5, 0.6) is 0 Å². The molecule has 2 heterocycles. The van der Waals surface area contributed by atoms with Gasteiger partial charge in [-0.05, 0) is 30.4 Å². The van der Waals surface area contributed by atoms with E-state index in [-0.39, 0.29) is 0 Å². The van der Waals surface area contributed by atoms with Crippen molar-refractivity contribution in [1.29, 1.82) is 0 Å². The molecule has 1 N–H and O–H groups in total. The van der Waals surface area contributed by atoms with Crippen LogP contribution in [-0.4, -0.2) is 38.0 Å². The van der Waals surface area contributed by atoms with Gasteiger partial charge in [-0.1, -0.05) is 0 Å². The number of ether oxygens (including phenoxy) is 2. The minimum absolute atomic E-state index is 0.767. The standard InChI is InChI=1S/C14H24N2O2/c1-17-9-5-15-10-14-2-6-16(12-14)11-13-3-7-18-8-4-13/h2,6,12-13,15H,3-5,7-11H2,1H3. The summed E-state index contributed by atoms with van der Waals surface area (Å²) in [5.41, 5.74) is 1.35. The van der Waals surface area contributed by atoms with Crippen molar-refractivity contribution in [2.45, 2.75) is 25.9 Å². The molecule has 1 aromatic heterocycles. The van der Waals surface area contributed by atoms with Crippen molar-refractivity contribution in [3.63, 3.8) is 0 Å². The van der Waals surface area contributed by atoms with Gasteiger partial charge in [0.2, 0.25) is 0 Å². The number of nitrogens with one attached hydrogen (secondary N) is 1. The van der Waals surface area contributed by atoms with Crippen LogP contribution in [0.4, 0.5) is 0 Å². The zero-order valence-electron chi connectivity index (χ0n) is 11.2. The van der Waals surface area contributed by atoms with Gasteiger partial charge in [-0.2, -0.15) is 0 Å². The maximum atomic E-state index is 5.39. The minimum atomic E-state index is 0.767. The lowest BCUT2D eigenvalue weighted by Crippen LogP contribution is -2.20. The molecule has 0 spiro atoms. The molecule has 0 aliphatic carbocycles. The smallest absolute Gasteiger partial charge is 0.0587 e. The Hall–Kier alpha value is -0.840. The van der Waals surface area contributed by atoms with Crippen LogP contribution in [0.2, 0.25) is 0 Å². The number of hydrogen-bond acceptors (Lipinski definition) is 3. The van der Waals surface area contributed by atoms with Crippen LogP contribution in [0.3, 0.4) is 0 Å². The second-order valence-electron chi connectivity index (χ2n) is 4.94. The first kappa shape index (κ1) is 13.6. The van der Waals surface area contributed by atoms with Crippen molar-refractivity contribution in [2.24, 2.45) is 5.92 Å². The second-order valence-corrected chi connectivity index (χ2v) is 4.94. The normalized spacial score (nSPS) is 17.2. The first-order valence-corrected chi connectivity index (χ1v) is 6.80. The van der Waals surface area contributed by atoms with E-state index >= 15 is 0 Å². The topological polar surface area (TPSA) is 35.4 Å². The Kier molecular flexibility index (Phi) is 5.71. The van der Waals surface area contributed by atoms with Gasteiger partial charge in [-0.15, -0.1) is 0 Å². The summed E-state index contributed by atoms with van der Waals surface area (Å²) in [6.45, 7) is 5.57. The first-order valence-electron chi connectivity index (χ1n) is 6.80. The predicted octanol–water partition coefficient (Wildman–Crippen LogP) is 1.65. The van der Waals surface area contributed by atoms with Crippen LogP contribution in [0.15, 0.2) is 18.5 Å². The monoisotopic (exact) mass is 252 g/mol. The van der Waals surface area contributed by atoms with Crippen molar-refractivity contribution < 1.29 is 9.47 Å². The van der Waals surface area contributed by atoms with Crippen molar-refractivity contribution in [2.75, 3.05) is 33.5 Å². The van der Waals surface area contributed by atoms with E-state index in [0.717, 1.165) is 45.4 Å². The Balaban J connectivity index is 1.71. The van der Waals surface area contributed by atoms with Crippen molar-refractivity contribution in [3.05, 3.63) is 24.0 Å². The average molecular weight is 252 g/mol. The molecule has 1 aliphatic rings. The Morgan fingerprint density at radius 3 is 3.06 bits per heavy atom. The largest absolute Gasteiger partial charge is 0.383 e. The van der Waals surface area contributed by atoms with Gasteiger partial charge >= 0.3 is 0 Å². The third-order valence-corrected chi connectivity index (χ3v) is 3.43. The number of rotatable bonds is 7. The van der Waals surface area contributed by atoms with Gasteiger partial charge in [0, 0.05) is 52.4 Å². The molecule has 0 atom stereocenters. The molecule has 0 radical (unpaired) electrons. The van der Waals surface area contributed by atoms with E-state index in [1.807, 2.05) is 0 Å². The van der Waals surface area contributed by atoms with Gasteiger partial charge in [-0.3, -0.25) is 0 Å². The number of methoxy groups -OCH3 is 1. The van der Waals surface area contributed by atoms with Crippen LogP contribution in [0.25, 0.3) is 0 Å². The molecule has 0 bridgehead atoms. The molecule has 1 fully saturated rings. The molecule has 4 nitrogen and oxygen atoms in total. The first-order chi connectivity index (χ1) is 8.88. The Labute approximate surface area is 109 Å². The van der Waals surface area contributed by atoms with E-state index in [2.05, 4.69) is 28.3 Å². The molecule has 102 valence electrons. The van der Waals surface area contributed by atoms with E-state index < -0.39 is 0 Å². The summed E-state index contributed by atoms with van der Waals surface area (Å²) in [5.74, 6) is 0.778. The van der Waals surface area contributed by atoms with Crippen molar-refractivity contribution in [3.8, 4) is 0 Å². The lowest BCUT2D eigenvalue weighted by Gasteiger charge is -2.22. The van der Waals surface area contributed by atoms with Crippen LogP contribution in [0.1, 0.15) is 18.4 Å². The third kappa shape index (κ3) is 4.44. The average Bonchev–Trinajstić information content (AvgIpc) is 2.84. The summed E-state index contributed by atoms with van der Waals surface area (Å²) in [6, 6.07) is 2.19. The highest BCUT2D eigenvalue weighted by Gasteiger charge is 2.13. The van der Waals surface area contributed by atoms with Gasteiger partial charge in [0.15, 0.2) is 0 Å². The molecule has 0 aromatic carbocycles. The lowest BCUT2D eigenvalue weighted by molar-refractivity contribution is 0.0613. The molecule has 2 rings (SSSR count). The van der Waals surface area contributed by atoms with Crippen molar-refractivity contribution >= 4 is 0 Å². The van der Waals surface area contributed by atoms with Crippen molar-refractivity contribution in [1.82, 2.24) is 9.88 Å². The molecule has 1 aromatic rings. The quantitative estimate of drug-likeness (QED) is 0.750. The van der Waals surface area contributed by atoms with Crippen LogP contribution >= 0.6 is 0 Å². The second kappa shape index (κ2) is 7.56. The fraction of sp³-hybridized carbons (Fsp3) is 0.714. The molecular weight excluding hydrogens is 228 g/mol. The summed E-state index contributed by atoms with van der Waals surface area (Å²) in [4.78, 5) is 0. The van der Waals surface area contributed by atoms with Crippen LogP contribution in [0, 0.1) is 5.92 Å². The maximum Gasteiger partial charge on any atom is 0.0587 e. The third-order valence-electron chi connectivity index (χ3n) is 3.43. The fourth-order valence-corrected chi connectivity index (χ4v) is 2.34. The summed E-state index contributed by atoms with van der Waals surface area (Å²) in [7, 11) is 1.73. The SMILES string of the molecule is COCCNCc1ccn(CC2CCOCC2)c1. The predicted molar refractivity (Wildman–Crippen MR) is 71.6 cm³/mol. The van der Waals surface area contributed by atoms with Gasteiger partial charge in [-0.25, -0.2) is 0 Å². The highest BCUT2D eigenvalue weighted by Crippen LogP contribution is 2.17. The highest BCUT2D eigenvalue weighted by atomic mass is 16.5. The molecule has 1 saturated heterocycles. The van der Waals surface area contributed by atoms with E-state index in [0.29, 0.717) is 0 Å². The zero-order valence-corrected chi connectivity index (χ0v) is 11.2. The molecule has 0 amide bonds. The minimum Gasteiger partial charge on any atom is -0.383 e. The molecule has 0 saturated carbocycles. The molecule has 1 aliphatic heterocycles. The lowest BCUT2D eigenvalue weighted by atomic mass is 10.0. The Bertz CT molecular complexity index is 332. The van der Waals surface area contributed by atoms with E-state index in [9.17, 15) is 0 Å².